The minimum atomic E-state index is -1.08. The van der Waals surface area contributed by atoms with Crippen LogP contribution in [0.2, 0.25) is 0 Å². The van der Waals surface area contributed by atoms with Crippen molar-refractivity contribution in [3.05, 3.63) is 101 Å². The average molecular weight is 360 g/mol. The maximum Gasteiger partial charge on any atom is 0.492 e. The minimum Gasteiger partial charge on any atom is -0.497 e. The third-order valence-electron chi connectivity index (χ3n) is 4.72. The molecule has 0 amide bonds. The molecule has 1 N–H and O–H groups in total. The molecule has 1 atom stereocenters. The number of hydrogen-bond donors (Lipinski definition) is 1. The van der Waals surface area contributed by atoms with Crippen LogP contribution >= 0.6 is 0 Å². The van der Waals surface area contributed by atoms with E-state index >= 15 is 0 Å². The van der Waals surface area contributed by atoms with E-state index in [1.807, 2.05) is 54.6 Å². The van der Waals surface area contributed by atoms with E-state index < -0.39 is 13.2 Å². The molecule has 1 heterocycles. The first-order chi connectivity index (χ1) is 13.2. The third kappa shape index (κ3) is 3.39. The fourth-order valence-electron chi connectivity index (χ4n) is 3.42. The van der Waals surface area contributed by atoms with Gasteiger partial charge in [0.25, 0.3) is 0 Å². The van der Waals surface area contributed by atoms with E-state index in [4.69, 9.17) is 9.39 Å². The predicted octanol–water partition coefficient (Wildman–Crippen LogP) is 4.54. The molecule has 1 unspecified atom stereocenters. The molecule has 3 aromatic carbocycles. The standard InChI is InChI=1S/C22H18BFO3/c1-26-19-13-9-16(10-14-19)21-20(15-5-3-2-4-6-15)22(27-23(21)25)17-7-11-18(24)12-8-17/h2-14,22,25H,1H3. The van der Waals surface area contributed by atoms with Crippen LogP contribution in [-0.4, -0.2) is 19.3 Å². The molecule has 0 spiro atoms. The highest BCUT2D eigenvalue weighted by atomic mass is 19.1. The summed E-state index contributed by atoms with van der Waals surface area (Å²) in [5.74, 6) is 0.432. The molecule has 0 saturated heterocycles. The maximum atomic E-state index is 13.4. The molecule has 3 aromatic rings. The van der Waals surface area contributed by atoms with E-state index in [1.54, 1.807) is 19.2 Å². The van der Waals surface area contributed by atoms with Crippen molar-refractivity contribution < 1.29 is 18.8 Å². The van der Waals surface area contributed by atoms with E-state index in [1.165, 1.54) is 12.1 Å². The normalized spacial score (nSPS) is 16.7. The molecule has 5 heteroatoms. The summed E-state index contributed by atoms with van der Waals surface area (Å²) < 4.78 is 24.5. The predicted molar refractivity (Wildman–Crippen MR) is 104 cm³/mol. The quantitative estimate of drug-likeness (QED) is 0.695. The van der Waals surface area contributed by atoms with Crippen molar-refractivity contribution in [2.24, 2.45) is 0 Å². The van der Waals surface area contributed by atoms with Gasteiger partial charge in [-0.3, -0.25) is 0 Å². The molecule has 1 aliphatic rings. The zero-order valence-corrected chi connectivity index (χ0v) is 14.8. The van der Waals surface area contributed by atoms with Gasteiger partial charge in [0.15, 0.2) is 0 Å². The molecular weight excluding hydrogens is 342 g/mol. The number of benzene rings is 3. The lowest BCUT2D eigenvalue weighted by molar-refractivity contribution is 0.236. The summed E-state index contributed by atoms with van der Waals surface area (Å²) in [7, 11) is 0.533. The lowest BCUT2D eigenvalue weighted by Gasteiger charge is -2.17. The Balaban J connectivity index is 1.88. The summed E-state index contributed by atoms with van der Waals surface area (Å²) in [4.78, 5) is 0. The second kappa shape index (κ2) is 7.39. The van der Waals surface area contributed by atoms with Gasteiger partial charge in [-0.1, -0.05) is 54.6 Å². The zero-order valence-electron chi connectivity index (χ0n) is 14.8. The van der Waals surface area contributed by atoms with Crippen LogP contribution in [-0.2, 0) is 4.65 Å². The van der Waals surface area contributed by atoms with Gasteiger partial charge in [-0.2, -0.15) is 0 Å². The summed E-state index contributed by atoms with van der Waals surface area (Å²) in [6.45, 7) is 0. The maximum absolute atomic E-state index is 13.4. The van der Waals surface area contributed by atoms with Crippen LogP contribution in [0.15, 0.2) is 78.9 Å². The summed E-state index contributed by atoms with van der Waals surface area (Å²) in [6.07, 6.45) is -0.486. The van der Waals surface area contributed by atoms with Gasteiger partial charge in [-0.15, -0.1) is 0 Å². The Kier molecular flexibility index (Phi) is 4.80. The minimum absolute atomic E-state index is 0.307. The molecule has 1 aliphatic heterocycles. The number of methoxy groups -OCH3 is 1. The lowest BCUT2D eigenvalue weighted by Crippen LogP contribution is -2.15. The van der Waals surface area contributed by atoms with Crippen LogP contribution in [0.4, 0.5) is 4.39 Å². The Morgan fingerprint density at radius 2 is 1.56 bits per heavy atom. The first-order valence-corrected chi connectivity index (χ1v) is 8.70. The molecule has 0 radical (unpaired) electrons. The molecule has 4 rings (SSSR count). The van der Waals surface area contributed by atoms with Gasteiger partial charge in [-0.05, 0) is 52.0 Å². The van der Waals surface area contributed by atoms with Gasteiger partial charge in [0.05, 0.1) is 13.2 Å². The van der Waals surface area contributed by atoms with Crippen LogP contribution in [0, 0.1) is 5.82 Å². The Labute approximate surface area is 157 Å². The Morgan fingerprint density at radius 3 is 2.19 bits per heavy atom. The van der Waals surface area contributed by atoms with E-state index in [9.17, 15) is 9.41 Å². The fraction of sp³-hybridized carbons (Fsp3) is 0.0909. The molecule has 0 fully saturated rings. The van der Waals surface area contributed by atoms with Gasteiger partial charge >= 0.3 is 7.12 Å². The summed E-state index contributed by atoms with van der Waals surface area (Å²) >= 11 is 0. The Morgan fingerprint density at radius 1 is 0.889 bits per heavy atom. The first kappa shape index (κ1) is 17.5. The fourth-order valence-corrected chi connectivity index (χ4v) is 3.42. The molecular formula is C22H18BFO3. The van der Waals surface area contributed by atoms with Crippen molar-refractivity contribution in [3.8, 4) is 5.75 Å². The van der Waals surface area contributed by atoms with Crippen molar-refractivity contribution in [2.45, 2.75) is 6.10 Å². The number of hydrogen-bond acceptors (Lipinski definition) is 3. The van der Waals surface area contributed by atoms with Crippen LogP contribution in [0.3, 0.4) is 0 Å². The highest BCUT2D eigenvalue weighted by Gasteiger charge is 2.39. The van der Waals surface area contributed by atoms with Gasteiger partial charge in [0.2, 0.25) is 0 Å². The molecule has 0 aromatic heterocycles. The van der Waals surface area contributed by atoms with E-state index in [0.717, 1.165) is 28.0 Å². The van der Waals surface area contributed by atoms with Crippen molar-refractivity contribution in [1.82, 2.24) is 0 Å². The van der Waals surface area contributed by atoms with Gasteiger partial charge < -0.3 is 14.4 Å². The number of rotatable bonds is 4. The van der Waals surface area contributed by atoms with Crippen molar-refractivity contribution >= 4 is 18.2 Å². The zero-order chi connectivity index (χ0) is 18.8. The van der Waals surface area contributed by atoms with E-state index in [-0.39, 0.29) is 5.82 Å². The summed E-state index contributed by atoms with van der Waals surface area (Å²) in [5.41, 5.74) is 4.18. The van der Waals surface area contributed by atoms with Crippen LogP contribution < -0.4 is 4.74 Å². The summed E-state index contributed by atoms with van der Waals surface area (Å²) in [5, 5.41) is 10.7. The second-order valence-corrected chi connectivity index (χ2v) is 6.34. The van der Waals surface area contributed by atoms with Gasteiger partial charge in [0.1, 0.15) is 11.6 Å². The largest absolute Gasteiger partial charge is 0.497 e. The van der Waals surface area contributed by atoms with E-state index in [0.29, 0.717) is 5.47 Å². The summed E-state index contributed by atoms with van der Waals surface area (Å²) in [6, 6.07) is 23.5. The molecule has 134 valence electrons. The van der Waals surface area contributed by atoms with E-state index in [2.05, 4.69) is 0 Å². The highest BCUT2D eigenvalue weighted by molar-refractivity contribution is 6.71. The van der Waals surface area contributed by atoms with Crippen LogP contribution in [0.1, 0.15) is 22.8 Å². The van der Waals surface area contributed by atoms with Crippen molar-refractivity contribution in [2.75, 3.05) is 7.11 Å². The van der Waals surface area contributed by atoms with Gasteiger partial charge in [0, 0.05) is 0 Å². The number of ether oxygens (including phenoxy) is 1. The Bertz CT molecular complexity index is 953. The topological polar surface area (TPSA) is 38.7 Å². The Hall–Kier alpha value is -2.89. The third-order valence-corrected chi connectivity index (χ3v) is 4.72. The molecule has 0 bridgehead atoms. The average Bonchev–Trinajstić information content (AvgIpc) is 3.06. The van der Waals surface area contributed by atoms with Crippen molar-refractivity contribution in [3.63, 3.8) is 0 Å². The van der Waals surface area contributed by atoms with Crippen molar-refractivity contribution in [1.29, 1.82) is 0 Å². The second-order valence-electron chi connectivity index (χ2n) is 6.34. The smallest absolute Gasteiger partial charge is 0.492 e. The molecule has 27 heavy (non-hydrogen) atoms. The molecule has 3 nitrogen and oxygen atoms in total. The lowest BCUT2D eigenvalue weighted by atomic mass is 9.72. The van der Waals surface area contributed by atoms with Crippen LogP contribution in [0.5, 0.6) is 5.75 Å². The highest BCUT2D eigenvalue weighted by Crippen LogP contribution is 2.45. The monoisotopic (exact) mass is 360 g/mol. The first-order valence-electron chi connectivity index (χ1n) is 8.70. The molecule has 0 saturated carbocycles. The SMILES string of the molecule is COc1ccc(C2=C(c3ccccc3)C(c3ccc(F)cc3)OB2O)cc1. The van der Waals surface area contributed by atoms with Crippen LogP contribution in [0.25, 0.3) is 11.0 Å². The molecule has 0 aliphatic carbocycles. The van der Waals surface area contributed by atoms with Gasteiger partial charge in [-0.25, -0.2) is 4.39 Å². The number of halogens is 1.